The summed E-state index contributed by atoms with van der Waals surface area (Å²) in [5, 5.41) is 0.575. The lowest BCUT2D eigenvalue weighted by Crippen LogP contribution is -1.95. The van der Waals surface area contributed by atoms with Gasteiger partial charge in [-0.05, 0) is 25.0 Å². The average Bonchev–Trinajstić information content (AvgIpc) is 2.68. The van der Waals surface area contributed by atoms with E-state index >= 15 is 0 Å². The molecular weight excluding hydrogens is 234 g/mol. The highest BCUT2D eigenvalue weighted by Crippen LogP contribution is 2.23. The third kappa shape index (κ3) is 3.49. The number of nitrogens with zero attached hydrogens (tertiary/aromatic N) is 3. The van der Waals surface area contributed by atoms with Crippen LogP contribution in [0.5, 0.6) is 10.9 Å². The average molecular weight is 249 g/mol. The molecule has 0 aliphatic carbocycles. The van der Waals surface area contributed by atoms with E-state index in [0.717, 1.165) is 17.9 Å². The van der Waals surface area contributed by atoms with Gasteiger partial charge < -0.3 is 4.74 Å². The second-order valence-electron chi connectivity index (χ2n) is 4.31. The fourth-order valence-electron chi connectivity index (χ4n) is 1.34. The van der Waals surface area contributed by atoms with Crippen LogP contribution in [0.25, 0.3) is 0 Å². The van der Waals surface area contributed by atoms with Gasteiger partial charge in [0.25, 0.3) is 5.19 Å². The third-order valence-electron chi connectivity index (χ3n) is 2.13. The first-order chi connectivity index (χ1) is 8.13. The van der Waals surface area contributed by atoms with Crippen LogP contribution in [0.3, 0.4) is 0 Å². The predicted molar refractivity (Wildman–Crippen MR) is 67.5 cm³/mol. The lowest BCUT2D eigenvalue weighted by molar-refractivity contribution is 0.473. The Labute approximate surface area is 105 Å². The van der Waals surface area contributed by atoms with Gasteiger partial charge in [-0.25, -0.2) is 0 Å². The van der Waals surface area contributed by atoms with Crippen molar-refractivity contribution >= 4 is 11.5 Å². The molecule has 0 radical (unpaired) electrons. The molecule has 0 saturated carbocycles. The Balaban J connectivity index is 2.03. The van der Waals surface area contributed by atoms with E-state index in [1.807, 2.05) is 19.1 Å². The van der Waals surface area contributed by atoms with Crippen LogP contribution in [-0.4, -0.2) is 14.3 Å². The monoisotopic (exact) mass is 249 g/mol. The molecule has 90 valence electrons. The SMILES string of the molecule is Cc1ccc(Oc2nc(CC(C)C)ns2)cn1. The second kappa shape index (κ2) is 5.23. The Morgan fingerprint density at radius 1 is 1.35 bits per heavy atom. The van der Waals surface area contributed by atoms with Crippen molar-refractivity contribution in [2.45, 2.75) is 27.2 Å². The van der Waals surface area contributed by atoms with Gasteiger partial charge in [0.1, 0.15) is 11.6 Å². The Morgan fingerprint density at radius 3 is 2.82 bits per heavy atom. The van der Waals surface area contributed by atoms with E-state index < -0.39 is 0 Å². The molecule has 2 aromatic heterocycles. The maximum Gasteiger partial charge on any atom is 0.298 e. The number of hydrogen-bond acceptors (Lipinski definition) is 5. The number of aryl methyl sites for hydroxylation is 1. The molecular formula is C12H15N3OS. The molecule has 0 aromatic carbocycles. The summed E-state index contributed by atoms with van der Waals surface area (Å²) in [6.07, 6.45) is 2.57. The second-order valence-corrected chi connectivity index (χ2v) is 5.03. The zero-order valence-corrected chi connectivity index (χ0v) is 11.0. The van der Waals surface area contributed by atoms with Gasteiger partial charge >= 0.3 is 0 Å². The van der Waals surface area contributed by atoms with Gasteiger partial charge in [0.2, 0.25) is 0 Å². The van der Waals surface area contributed by atoms with Crippen LogP contribution in [0.15, 0.2) is 18.3 Å². The van der Waals surface area contributed by atoms with Crippen molar-refractivity contribution in [1.29, 1.82) is 0 Å². The summed E-state index contributed by atoms with van der Waals surface area (Å²) < 4.78 is 9.83. The first kappa shape index (κ1) is 12.0. The van der Waals surface area contributed by atoms with Crippen molar-refractivity contribution in [2.24, 2.45) is 5.92 Å². The summed E-state index contributed by atoms with van der Waals surface area (Å²) in [6.45, 7) is 6.23. The minimum absolute atomic E-state index is 0.554. The van der Waals surface area contributed by atoms with Gasteiger partial charge in [0.15, 0.2) is 0 Å². The van der Waals surface area contributed by atoms with Crippen molar-refractivity contribution in [1.82, 2.24) is 14.3 Å². The van der Waals surface area contributed by atoms with Crippen LogP contribution in [0.2, 0.25) is 0 Å². The number of aromatic nitrogens is 3. The molecule has 0 aliphatic rings. The molecule has 2 rings (SSSR count). The standard InChI is InChI=1S/C12H15N3OS/c1-8(2)6-11-14-12(17-15-11)16-10-5-4-9(3)13-7-10/h4-5,7-8H,6H2,1-3H3. The largest absolute Gasteiger partial charge is 0.428 e. The number of rotatable bonds is 4. The molecule has 0 saturated heterocycles. The summed E-state index contributed by atoms with van der Waals surface area (Å²) in [4.78, 5) is 8.49. The van der Waals surface area contributed by atoms with Crippen LogP contribution in [0, 0.1) is 12.8 Å². The molecule has 5 heteroatoms. The summed E-state index contributed by atoms with van der Waals surface area (Å²) in [6, 6.07) is 3.79. The lowest BCUT2D eigenvalue weighted by atomic mass is 10.1. The smallest absolute Gasteiger partial charge is 0.298 e. The van der Waals surface area contributed by atoms with E-state index in [2.05, 4.69) is 28.2 Å². The minimum atomic E-state index is 0.554. The summed E-state index contributed by atoms with van der Waals surface area (Å²) in [7, 11) is 0. The zero-order valence-electron chi connectivity index (χ0n) is 10.2. The van der Waals surface area contributed by atoms with Gasteiger partial charge in [0.05, 0.1) is 6.20 Å². The number of hydrogen-bond donors (Lipinski definition) is 0. The maximum atomic E-state index is 5.58. The zero-order chi connectivity index (χ0) is 12.3. The molecule has 0 amide bonds. The summed E-state index contributed by atoms with van der Waals surface area (Å²) in [5.41, 5.74) is 0.968. The molecule has 4 nitrogen and oxygen atoms in total. The van der Waals surface area contributed by atoms with Crippen LogP contribution in [0.4, 0.5) is 0 Å². The Kier molecular flexibility index (Phi) is 3.68. The molecule has 0 unspecified atom stereocenters. The fourth-order valence-corrected chi connectivity index (χ4v) is 1.92. The summed E-state index contributed by atoms with van der Waals surface area (Å²) in [5.74, 6) is 2.10. The molecule has 17 heavy (non-hydrogen) atoms. The fraction of sp³-hybridized carbons (Fsp3) is 0.417. The number of ether oxygens (including phenoxy) is 1. The molecule has 0 spiro atoms. The normalized spacial score (nSPS) is 10.8. The highest BCUT2D eigenvalue weighted by Gasteiger charge is 2.07. The van der Waals surface area contributed by atoms with Crippen molar-refractivity contribution < 1.29 is 4.74 Å². The van der Waals surface area contributed by atoms with E-state index in [0.29, 0.717) is 16.9 Å². The van der Waals surface area contributed by atoms with Crippen molar-refractivity contribution in [3.8, 4) is 10.9 Å². The minimum Gasteiger partial charge on any atom is -0.428 e. The molecule has 0 fully saturated rings. The van der Waals surface area contributed by atoms with Crippen LogP contribution in [-0.2, 0) is 6.42 Å². The van der Waals surface area contributed by atoms with Crippen LogP contribution in [0.1, 0.15) is 25.4 Å². The molecule has 0 atom stereocenters. The Hall–Kier alpha value is -1.49. The predicted octanol–water partition coefficient (Wildman–Crippen LogP) is 3.23. The molecule has 0 bridgehead atoms. The maximum absolute atomic E-state index is 5.58. The Bertz CT molecular complexity index is 479. The van der Waals surface area contributed by atoms with E-state index in [4.69, 9.17) is 4.74 Å². The molecule has 0 aliphatic heterocycles. The quantitative estimate of drug-likeness (QED) is 0.834. The van der Waals surface area contributed by atoms with Gasteiger partial charge in [-0.15, -0.1) is 0 Å². The van der Waals surface area contributed by atoms with Crippen LogP contribution >= 0.6 is 11.5 Å². The Morgan fingerprint density at radius 2 is 2.18 bits per heavy atom. The molecule has 2 aromatic rings. The van der Waals surface area contributed by atoms with E-state index in [9.17, 15) is 0 Å². The van der Waals surface area contributed by atoms with Crippen molar-refractivity contribution in [3.05, 3.63) is 29.8 Å². The van der Waals surface area contributed by atoms with Gasteiger partial charge in [-0.1, -0.05) is 13.8 Å². The summed E-state index contributed by atoms with van der Waals surface area (Å²) >= 11 is 1.28. The van der Waals surface area contributed by atoms with E-state index in [1.165, 1.54) is 11.5 Å². The molecule has 0 N–H and O–H groups in total. The van der Waals surface area contributed by atoms with Gasteiger partial charge in [-0.3, -0.25) is 4.98 Å². The van der Waals surface area contributed by atoms with E-state index in [1.54, 1.807) is 6.20 Å². The number of pyridine rings is 1. The highest BCUT2D eigenvalue weighted by atomic mass is 32.1. The molecule has 2 heterocycles. The highest BCUT2D eigenvalue weighted by molar-refractivity contribution is 7.07. The van der Waals surface area contributed by atoms with Gasteiger partial charge in [0, 0.05) is 23.6 Å². The van der Waals surface area contributed by atoms with Crippen molar-refractivity contribution in [2.75, 3.05) is 0 Å². The van der Waals surface area contributed by atoms with Crippen molar-refractivity contribution in [3.63, 3.8) is 0 Å². The lowest BCUT2D eigenvalue weighted by Gasteiger charge is -2.00. The first-order valence-electron chi connectivity index (χ1n) is 5.56. The first-order valence-corrected chi connectivity index (χ1v) is 6.34. The third-order valence-corrected chi connectivity index (χ3v) is 2.76. The van der Waals surface area contributed by atoms with Gasteiger partial charge in [-0.2, -0.15) is 9.36 Å². The van der Waals surface area contributed by atoms with E-state index in [-0.39, 0.29) is 0 Å². The van der Waals surface area contributed by atoms with Crippen LogP contribution < -0.4 is 4.74 Å². The topological polar surface area (TPSA) is 47.9 Å².